The molecule has 2 aromatic rings. The molecule has 0 radical (unpaired) electrons. The average Bonchev–Trinajstić information content (AvgIpc) is 2.30. The van der Waals surface area contributed by atoms with Crippen LogP contribution in [0.4, 0.5) is 0 Å². The van der Waals surface area contributed by atoms with Crippen molar-refractivity contribution in [2.45, 2.75) is 26.7 Å². The lowest BCUT2D eigenvalue weighted by Crippen LogP contribution is -1.95. The van der Waals surface area contributed by atoms with E-state index in [0.717, 1.165) is 17.0 Å². The quantitative estimate of drug-likeness (QED) is 0.760. The number of aryl methyl sites for hydroxylation is 1. The minimum Gasteiger partial charge on any atom is -0.257 e. The van der Waals surface area contributed by atoms with Crippen LogP contribution in [-0.2, 0) is 0 Å². The number of hydrogen-bond donors (Lipinski definition) is 0. The molecule has 0 amide bonds. The van der Waals surface area contributed by atoms with Crippen LogP contribution in [0, 0.1) is 6.92 Å². The summed E-state index contributed by atoms with van der Waals surface area (Å²) in [5.74, 6) is 0.429. The van der Waals surface area contributed by atoms with Crippen LogP contribution < -0.4 is 0 Å². The molecule has 0 bridgehead atoms. The van der Waals surface area contributed by atoms with Gasteiger partial charge in [0.2, 0.25) is 0 Å². The van der Waals surface area contributed by atoms with Crippen LogP contribution in [0.1, 0.15) is 31.0 Å². The summed E-state index contributed by atoms with van der Waals surface area (Å²) in [7, 11) is 0. The Kier molecular flexibility index (Phi) is 3.00. The smallest absolute Gasteiger partial charge is 0.0888 e. The summed E-state index contributed by atoms with van der Waals surface area (Å²) in [5, 5.41) is 0. The van der Waals surface area contributed by atoms with Crippen molar-refractivity contribution in [3.63, 3.8) is 0 Å². The van der Waals surface area contributed by atoms with Crippen LogP contribution in [0.3, 0.4) is 0 Å². The lowest BCUT2D eigenvalue weighted by Gasteiger charge is -2.07. The standard InChI is InChI=1S/C14H16N2/c1-10(2)13-8-16-14(9-15-13)12-7-5-4-6-11(12)3/h4-10H,1-3H3. The van der Waals surface area contributed by atoms with E-state index in [9.17, 15) is 0 Å². The minimum absolute atomic E-state index is 0.429. The molecule has 1 aromatic carbocycles. The Morgan fingerprint density at radius 2 is 1.75 bits per heavy atom. The van der Waals surface area contributed by atoms with Crippen molar-refractivity contribution in [1.82, 2.24) is 9.97 Å². The topological polar surface area (TPSA) is 25.8 Å². The van der Waals surface area contributed by atoms with Crippen molar-refractivity contribution in [3.05, 3.63) is 47.9 Å². The number of aromatic nitrogens is 2. The predicted octanol–water partition coefficient (Wildman–Crippen LogP) is 3.58. The molecule has 16 heavy (non-hydrogen) atoms. The molecule has 2 rings (SSSR count). The van der Waals surface area contributed by atoms with E-state index in [1.165, 1.54) is 5.56 Å². The summed E-state index contributed by atoms with van der Waals surface area (Å²) in [6.07, 6.45) is 3.73. The summed E-state index contributed by atoms with van der Waals surface area (Å²) in [4.78, 5) is 8.90. The summed E-state index contributed by atoms with van der Waals surface area (Å²) in [6.45, 7) is 6.34. The third-order valence-electron chi connectivity index (χ3n) is 2.68. The van der Waals surface area contributed by atoms with Gasteiger partial charge in [0, 0.05) is 11.8 Å². The van der Waals surface area contributed by atoms with E-state index in [0.29, 0.717) is 5.92 Å². The Labute approximate surface area is 96.4 Å². The molecule has 0 spiro atoms. The molecule has 0 aliphatic carbocycles. The highest BCUT2D eigenvalue weighted by Gasteiger charge is 2.05. The average molecular weight is 212 g/mol. The minimum atomic E-state index is 0.429. The Hall–Kier alpha value is -1.70. The first-order valence-corrected chi connectivity index (χ1v) is 5.56. The monoisotopic (exact) mass is 212 g/mol. The van der Waals surface area contributed by atoms with Crippen LogP contribution in [-0.4, -0.2) is 9.97 Å². The maximum absolute atomic E-state index is 4.47. The van der Waals surface area contributed by atoms with Gasteiger partial charge in [-0.3, -0.25) is 9.97 Å². The van der Waals surface area contributed by atoms with Gasteiger partial charge in [0.15, 0.2) is 0 Å². The SMILES string of the molecule is Cc1ccccc1-c1cnc(C(C)C)cn1. The van der Waals surface area contributed by atoms with Gasteiger partial charge in [-0.15, -0.1) is 0 Å². The molecule has 0 atom stereocenters. The van der Waals surface area contributed by atoms with Gasteiger partial charge in [-0.05, 0) is 18.4 Å². The van der Waals surface area contributed by atoms with Gasteiger partial charge < -0.3 is 0 Å². The second-order valence-electron chi connectivity index (χ2n) is 4.30. The maximum Gasteiger partial charge on any atom is 0.0888 e. The van der Waals surface area contributed by atoms with Crippen LogP contribution in [0.2, 0.25) is 0 Å². The highest BCUT2D eigenvalue weighted by atomic mass is 14.8. The Balaban J connectivity index is 2.39. The van der Waals surface area contributed by atoms with E-state index < -0.39 is 0 Å². The van der Waals surface area contributed by atoms with Crippen molar-refractivity contribution >= 4 is 0 Å². The second-order valence-corrected chi connectivity index (χ2v) is 4.30. The molecule has 0 saturated carbocycles. The van der Waals surface area contributed by atoms with E-state index in [2.05, 4.69) is 42.9 Å². The first-order chi connectivity index (χ1) is 7.68. The van der Waals surface area contributed by atoms with Crippen molar-refractivity contribution in [3.8, 4) is 11.3 Å². The zero-order valence-electron chi connectivity index (χ0n) is 9.94. The molecular formula is C14H16N2. The largest absolute Gasteiger partial charge is 0.257 e. The highest BCUT2D eigenvalue weighted by molar-refractivity contribution is 5.62. The van der Waals surface area contributed by atoms with Crippen LogP contribution in [0.5, 0.6) is 0 Å². The Morgan fingerprint density at radius 3 is 2.31 bits per heavy atom. The number of hydrogen-bond acceptors (Lipinski definition) is 2. The molecule has 1 heterocycles. The molecule has 0 N–H and O–H groups in total. The molecule has 2 nitrogen and oxygen atoms in total. The Morgan fingerprint density at radius 1 is 1.00 bits per heavy atom. The first kappa shape index (κ1) is 10.8. The molecule has 82 valence electrons. The van der Waals surface area contributed by atoms with Crippen molar-refractivity contribution in [2.24, 2.45) is 0 Å². The maximum atomic E-state index is 4.47. The van der Waals surface area contributed by atoms with Crippen LogP contribution in [0.15, 0.2) is 36.7 Å². The zero-order chi connectivity index (χ0) is 11.5. The van der Waals surface area contributed by atoms with Gasteiger partial charge in [0.1, 0.15) is 0 Å². The highest BCUT2D eigenvalue weighted by Crippen LogP contribution is 2.21. The van der Waals surface area contributed by atoms with E-state index in [-0.39, 0.29) is 0 Å². The van der Waals surface area contributed by atoms with Gasteiger partial charge in [-0.25, -0.2) is 0 Å². The summed E-state index contributed by atoms with van der Waals surface area (Å²) in [5.41, 5.74) is 4.37. The van der Waals surface area contributed by atoms with E-state index in [4.69, 9.17) is 0 Å². The van der Waals surface area contributed by atoms with Crippen molar-refractivity contribution in [2.75, 3.05) is 0 Å². The molecule has 2 heteroatoms. The van der Waals surface area contributed by atoms with E-state index in [1.807, 2.05) is 24.5 Å². The number of rotatable bonds is 2. The van der Waals surface area contributed by atoms with Gasteiger partial charge in [0.25, 0.3) is 0 Å². The van der Waals surface area contributed by atoms with Crippen molar-refractivity contribution in [1.29, 1.82) is 0 Å². The molecule has 1 aromatic heterocycles. The van der Waals surface area contributed by atoms with Gasteiger partial charge in [-0.2, -0.15) is 0 Å². The molecule has 0 aliphatic heterocycles. The predicted molar refractivity (Wildman–Crippen MR) is 66.3 cm³/mol. The fourth-order valence-electron chi connectivity index (χ4n) is 1.64. The normalized spacial score (nSPS) is 10.8. The van der Waals surface area contributed by atoms with Gasteiger partial charge in [0.05, 0.1) is 17.6 Å². The number of benzene rings is 1. The molecule has 0 fully saturated rings. The van der Waals surface area contributed by atoms with Gasteiger partial charge >= 0.3 is 0 Å². The fourth-order valence-corrected chi connectivity index (χ4v) is 1.64. The summed E-state index contributed by atoms with van der Waals surface area (Å²) in [6, 6.07) is 8.23. The fraction of sp³-hybridized carbons (Fsp3) is 0.286. The second kappa shape index (κ2) is 4.44. The lowest BCUT2D eigenvalue weighted by atomic mass is 10.1. The van der Waals surface area contributed by atoms with Crippen molar-refractivity contribution < 1.29 is 0 Å². The van der Waals surface area contributed by atoms with E-state index >= 15 is 0 Å². The molecule has 0 aliphatic rings. The zero-order valence-corrected chi connectivity index (χ0v) is 9.94. The van der Waals surface area contributed by atoms with Crippen LogP contribution >= 0.6 is 0 Å². The Bertz CT molecular complexity index is 472. The molecule has 0 unspecified atom stereocenters. The lowest BCUT2D eigenvalue weighted by molar-refractivity contribution is 0.813. The van der Waals surface area contributed by atoms with Gasteiger partial charge in [-0.1, -0.05) is 38.1 Å². The molecule has 0 saturated heterocycles. The van der Waals surface area contributed by atoms with Crippen LogP contribution in [0.25, 0.3) is 11.3 Å². The summed E-state index contributed by atoms with van der Waals surface area (Å²) < 4.78 is 0. The molecular weight excluding hydrogens is 196 g/mol. The number of nitrogens with zero attached hydrogens (tertiary/aromatic N) is 2. The summed E-state index contributed by atoms with van der Waals surface area (Å²) >= 11 is 0. The first-order valence-electron chi connectivity index (χ1n) is 5.56. The third-order valence-corrected chi connectivity index (χ3v) is 2.68. The third kappa shape index (κ3) is 2.11. The van der Waals surface area contributed by atoms with E-state index in [1.54, 1.807) is 0 Å².